The van der Waals surface area contributed by atoms with Gasteiger partial charge in [0.15, 0.2) is 0 Å². The van der Waals surface area contributed by atoms with E-state index in [4.69, 9.17) is 17.0 Å². The number of imide groups is 1. The highest BCUT2D eigenvalue weighted by Gasteiger charge is 2.43. The maximum absolute atomic E-state index is 13.3. The lowest BCUT2D eigenvalue weighted by Gasteiger charge is -2.25. The first-order valence-corrected chi connectivity index (χ1v) is 10.9. The van der Waals surface area contributed by atoms with Crippen LogP contribution in [0.15, 0.2) is 90.0 Å². The molecule has 1 atom stereocenters. The van der Waals surface area contributed by atoms with Crippen LogP contribution in [0.4, 0.5) is 5.69 Å². The molecule has 1 heterocycles. The van der Waals surface area contributed by atoms with Crippen molar-refractivity contribution in [3.8, 4) is 5.75 Å². The highest BCUT2D eigenvalue weighted by atomic mass is 32.1. The maximum atomic E-state index is 13.3. The summed E-state index contributed by atoms with van der Waals surface area (Å²) in [7, 11) is 1.61. The number of hydrogen-bond acceptors (Lipinski definition) is 5. The van der Waals surface area contributed by atoms with Crippen LogP contribution >= 0.6 is 12.2 Å². The van der Waals surface area contributed by atoms with Crippen LogP contribution in [0.3, 0.4) is 0 Å². The van der Waals surface area contributed by atoms with Crippen LogP contribution in [-0.4, -0.2) is 41.2 Å². The monoisotopic (exact) mass is 457 g/mol. The number of methoxy groups -OCH3 is 1. The SMILES string of the molecule is COc1ccc(/C=N/N(C(=S)Cc2ccccc2)C2CC(=O)N(c3ccccc3)C2=O)cc1. The molecule has 0 N–H and O–H groups in total. The molecule has 0 bridgehead atoms. The summed E-state index contributed by atoms with van der Waals surface area (Å²) in [6, 6.07) is 25.2. The van der Waals surface area contributed by atoms with E-state index in [1.807, 2.05) is 60.7 Å². The predicted molar refractivity (Wildman–Crippen MR) is 133 cm³/mol. The molecule has 1 unspecified atom stereocenters. The Hall–Kier alpha value is -3.84. The maximum Gasteiger partial charge on any atom is 0.259 e. The first-order valence-electron chi connectivity index (χ1n) is 10.5. The number of nitrogens with zero attached hydrogens (tertiary/aromatic N) is 3. The highest BCUT2D eigenvalue weighted by molar-refractivity contribution is 7.80. The fourth-order valence-electron chi connectivity index (χ4n) is 3.64. The zero-order valence-corrected chi connectivity index (χ0v) is 18.9. The summed E-state index contributed by atoms with van der Waals surface area (Å²) >= 11 is 5.71. The lowest BCUT2D eigenvalue weighted by molar-refractivity contribution is -0.122. The van der Waals surface area contributed by atoms with Gasteiger partial charge in [-0.05, 0) is 47.5 Å². The normalized spacial score (nSPS) is 15.8. The van der Waals surface area contributed by atoms with Crippen LogP contribution in [0.5, 0.6) is 5.75 Å². The first kappa shape index (κ1) is 22.4. The van der Waals surface area contributed by atoms with Crippen molar-refractivity contribution in [1.82, 2.24) is 5.01 Å². The molecule has 0 radical (unpaired) electrons. The number of hydrazone groups is 1. The summed E-state index contributed by atoms with van der Waals surface area (Å²) < 4.78 is 5.20. The van der Waals surface area contributed by atoms with Gasteiger partial charge in [-0.25, -0.2) is 9.91 Å². The van der Waals surface area contributed by atoms with E-state index in [1.165, 1.54) is 9.91 Å². The zero-order valence-electron chi connectivity index (χ0n) is 18.1. The fraction of sp³-hybridized carbons (Fsp3) is 0.154. The number of amides is 2. The molecule has 3 aromatic rings. The van der Waals surface area contributed by atoms with Crippen LogP contribution in [-0.2, 0) is 16.0 Å². The van der Waals surface area contributed by atoms with Crippen molar-refractivity contribution in [2.45, 2.75) is 18.9 Å². The van der Waals surface area contributed by atoms with Crippen molar-refractivity contribution >= 4 is 40.9 Å². The number of carbonyl (C=O) groups excluding carboxylic acids is 2. The Morgan fingerprint density at radius 1 is 1.03 bits per heavy atom. The van der Waals surface area contributed by atoms with Gasteiger partial charge in [-0.15, -0.1) is 0 Å². The molecule has 1 aliphatic heterocycles. The third-order valence-corrected chi connectivity index (χ3v) is 5.66. The van der Waals surface area contributed by atoms with Crippen LogP contribution in [0.25, 0.3) is 0 Å². The highest BCUT2D eigenvalue weighted by Crippen LogP contribution is 2.26. The first-order chi connectivity index (χ1) is 16.1. The number of anilines is 1. The summed E-state index contributed by atoms with van der Waals surface area (Å²) in [5.41, 5.74) is 2.37. The molecule has 0 spiro atoms. The quantitative estimate of drug-likeness (QED) is 0.230. The predicted octanol–water partition coefficient (Wildman–Crippen LogP) is 4.23. The second-order valence-corrected chi connectivity index (χ2v) is 8.01. The van der Waals surface area contributed by atoms with Crippen LogP contribution < -0.4 is 9.64 Å². The molecular formula is C26H23N3O3S. The van der Waals surface area contributed by atoms with Crippen molar-refractivity contribution in [3.05, 3.63) is 96.1 Å². The molecule has 0 aromatic heterocycles. The number of benzene rings is 3. The lowest BCUT2D eigenvalue weighted by atomic mass is 10.1. The van der Waals surface area contributed by atoms with E-state index in [0.29, 0.717) is 17.1 Å². The molecule has 1 saturated heterocycles. The van der Waals surface area contributed by atoms with Gasteiger partial charge in [0.05, 0.1) is 25.4 Å². The molecule has 0 aliphatic carbocycles. The summed E-state index contributed by atoms with van der Waals surface area (Å²) in [4.78, 5) is 27.8. The van der Waals surface area contributed by atoms with Crippen LogP contribution in [0, 0.1) is 0 Å². The molecule has 2 amide bonds. The van der Waals surface area contributed by atoms with Gasteiger partial charge in [-0.1, -0.05) is 60.7 Å². The number of rotatable bonds is 7. The van der Waals surface area contributed by atoms with Gasteiger partial charge in [-0.2, -0.15) is 5.10 Å². The fourth-order valence-corrected chi connectivity index (χ4v) is 3.99. The molecule has 3 aromatic carbocycles. The summed E-state index contributed by atoms with van der Waals surface area (Å²) in [5.74, 6) is 0.121. The molecule has 166 valence electrons. The van der Waals surface area contributed by atoms with E-state index >= 15 is 0 Å². The summed E-state index contributed by atoms with van der Waals surface area (Å²) in [6.45, 7) is 0. The molecule has 0 saturated carbocycles. The molecular weight excluding hydrogens is 434 g/mol. The van der Waals surface area contributed by atoms with Gasteiger partial charge in [0.1, 0.15) is 16.8 Å². The third kappa shape index (κ3) is 5.15. The van der Waals surface area contributed by atoms with Crippen LogP contribution in [0.1, 0.15) is 17.5 Å². The molecule has 33 heavy (non-hydrogen) atoms. The Morgan fingerprint density at radius 2 is 1.67 bits per heavy atom. The third-order valence-electron chi connectivity index (χ3n) is 5.33. The van der Waals surface area contributed by atoms with E-state index in [2.05, 4.69) is 5.10 Å². The molecule has 1 fully saturated rings. The smallest absolute Gasteiger partial charge is 0.259 e. The Balaban J connectivity index is 1.62. The Morgan fingerprint density at radius 3 is 2.30 bits per heavy atom. The molecule has 6 nitrogen and oxygen atoms in total. The Bertz CT molecular complexity index is 1160. The number of hydrogen-bond donors (Lipinski definition) is 0. The van der Waals surface area contributed by atoms with Crippen molar-refractivity contribution in [2.75, 3.05) is 12.0 Å². The van der Waals surface area contributed by atoms with Crippen molar-refractivity contribution in [3.63, 3.8) is 0 Å². The van der Waals surface area contributed by atoms with Gasteiger partial charge in [0, 0.05) is 6.42 Å². The summed E-state index contributed by atoms with van der Waals surface area (Å²) in [5, 5.41) is 6.08. The van der Waals surface area contributed by atoms with Gasteiger partial charge in [0.25, 0.3) is 5.91 Å². The lowest BCUT2D eigenvalue weighted by Crippen LogP contribution is -2.42. The van der Waals surface area contributed by atoms with Crippen LogP contribution in [0.2, 0.25) is 0 Å². The van der Waals surface area contributed by atoms with Gasteiger partial charge in [0.2, 0.25) is 5.91 Å². The average molecular weight is 458 g/mol. The van der Waals surface area contributed by atoms with Gasteiger partial charge >= 0.3 is 0 Å². The number of carbonyl (C=O) groups is 2. The molecule has 4 rings (SSSR count). The van der Waals surface area contributed by atoms with Crippen molar-refractivity contribution < 1.29 is 14.3 Å². The van der Waals surface area contributed by atoms with Gasteiger partial charge in [-0.3, -0.25) is 9.59 Å². The van der Waals surface area contributed by atoms with E-state index in [0.717, 1.165) is 16.9 Å². The second kappa shape index (κ2) is 10.2. The van der Waals surface area contributed by atoms with E-state index in [1.54, 1.807) is 37.6 Å². The summed E-state index contributed by atoms with van der Waals surface area (Å²) in [6.07, 6.45) is 2.07. The largest absolute Gasteiger partial charge is 0.497 e. The minimum atomic E-state index is -0.802. The number of ether oxygens (including phenoxy) is 1. The molecule has 7 heteroatoms. The minimum Gasteiger partial charge on any atom is -0.497 e. The second-order valence-electron chi connectivity index (χ2n) is 7.54. The topological polar surface area (TPSA) is 62.2 Å². The number of para-hydroxylation sites is 1. The Kier molecular flexibility index (Phi) is 6.90. The van der Waals surface area contributed by atoms with E-state index in [-0.39, 0.29) is 18.2 Å². The zero-order chi connectivity index (χ0) is 23.2. The van der Waals surface area contributed by atoms with E-state index < -0.39 is 6.04 Å². The minimum absolute atomic E-state index is 0.00259. The van der Waals surface area contributed by atoms with Crippen molar-refractivity contribution in [2.24, 2.45) is 5.10 Å². The Labute approximate surface area is 198 Å². The van der Waals surface area contributed by atoms with Gasteiger partial charge < -0.3 is 4.74 Å². The molecule has 1 aliphatic rings. The standard InChI is InChI=1S/C26H23N3O3S/c1-32-22-14-12-20(13-15-22)18-27-29(25(33)16-19-8-4-2-5-9-19)23-17-24(30)28(26(23)31)21-10-6-3-7-11-21/h2-15,18,23H,16-17H2,1H3/b27-18+. The van der Waals surface area contributed by atoms with E-state index in [9.17, 15) is 9.59 Å². The van der Waals surface area contributed by atoms with Crippen molar-refractivity contribution in [1.29, 1.82) is 0 Å². The average Bonchev–Trinajstić information content (AvgIpc) is 3.14. The number of thiocarbonyl (C=S) groups is 1.